The van der Waals surface area contributed by atoms with Crippen LogP contribution in [0.3, 0.4) is 0 Å². The van der Waals surface area contributed by atoms with Gasteiger partial charge in [-0.05, 0) is 25.0 Å². The van der Waals surface area contributed by atoms with Crippen molar-refractivity contribution in [2.75, 3.05) is 12.1 Å². The van der Waals surface area contributed by atoms with Gasteiger partial charge in [-0.3, -0.25) is 4.99 Å². The maximum atomic E-state index is 5.83. The molecular formula is C10H16N4. The zero-order chi connectivity index (χ0) is 10.7. The highest BCUT2D eigenvalue weighted by Gasteiger charge is 2.10. The van der Waals surface area contributed by atoms with E-state index in [9.17, 15) is 0 Å². The number of hydrogen-bond acceptors (Lipinski definition) is 2. The summed E-state index contributed by atoms with van der Waals surface area (Å²) in [7, 11) is 1.61. The lowest BCUT2D eigenvalue weighted by Gasteiger charge is -2.21. The van der Waals surface area contributed by atoms with Gasteiger partial charge in [0.05, 0.1) is 5.69 Å². The molecular weight excluding hydrogens is 176 g/mol. The van der Waals surface area contributed by atoms with Crippen LogP contribution in [0.1, 0.15) is 11.1 Å². The lowest BCUT2D eigenvalue weighted by molar-refractivity contribution is 1.07. The Labute approximate surface area is 84.2 Å². The summed E-state index contributed by atoms with van der Waals surface area (Å²) in [5, 5.41) is 1.41. The molecule has 4 heteroatoms. The largest absolute Gasteiger partial charge is 0.368 e. The molecule has 0 aliphatic rings. The highest BCUT2D eigenvalue weighted by molar-refractivity contribution is 5.95. The number of rotatable bonds is 1. The van der Waals surface area contributed by atoms with Crippen LogP contribution in [0.15, 0.2) is 23.2 Å². The Morgan fingerprint density at radius 3 is 2.21 bits per heavy atom. The molecule has 0 fully saturated rings. The second-order valence-corrected chi connectivity index (χ2v) is 3.19. The van der Waals surface area contributed by atoms with Gasteiger partial charge in [0.15, 0.2) is 0 Å². The van der Waals surface area contributed by atoms with E-state index >= 15 is 0 Å². The molecule has 0 radical (unpaired) electrons. The number of hydrogen-bond donors (Lipinski definition) is 2. The molecule has 0 aliphatic heterocycles. The number of hydrazine groups is 1. The molecule has 1 rings (SSSR count). The third-order valence-electron chi connectivity index (χ3n) is 2.16. The van der Waals surface area contributed by atoms with Crippen molar-refractivity contribution in [1.82, 2.24) is 0 Å². The molecule has 4 N–H and O–H groups in total. The van der Waals surface area contributed by atoms with E-state index in [2.05, 4.69) is 4.99 Å². The van der Waals surface area contributed by atoms with E-state index in [1.165, 1.54) is 5.01 Å². The molecule has 0 atom stereocenters. The molecule has 0 unspecified atom stereocenters. The van der Waals surface area contributed by atoms with Crippen molar-refractivity contribution in [3.05, 3.63) is 29.3 Å². The number of aryl methyl sites for hydroxylation is 2. The standard InChI is InChI=1S/C10H16N4/c1-7-5-4-6-8(2)9(7)14(12)10(11)13-3/h4-6H,12H2,1-3H3,(H2,11,13). The number of para-hydroxylation sites is 1. The summed E-state index contributed by atoms with van der Waals surface area (Å²) < 4.78 is 0. The zero-order valence-corrected chi connectivity index (χ0v) is 8.78. The van der Waals surface area contributed by atoms with Crippen LogP contribution in [0.4, 0.5) is 5.69 Å². The summed E-state index contributed by atoms with van der Waals surface area (Å²) >= 11 is 0. The zero-order valence-electron chi connectivity index (χ0n) is 8.78. The fourth-order valence-corrected chi connectivity index (χ4v) is 1.41. The minimum absolute atomic E-state index is 0.308. The molecule has 0 bridgehead atoms. The molecule has 0 amide bonds. The molecule has 0 aromatic heterocycles. The van der Waals surface area contributed by atoms with Gasteiger partial charge in [-0.2, -0.15) is 0 Å². The highest BCUT2D eigenvalue weighted by atomic mass is 15.5. The summed E-state index contributed by atoms with van der Waals surface area (Å²) in [6, 6.07) is 5.97. The molecule has 0 saturated heterocycles. The SMILES string of the molecule is CN=C(N)N(N)c1c(C)cccc1C. The maximum absolute atomic E-state index is 5.83. The van der Waals surface area contributed by atoms with Crippen molar-refractivity contribution in [2.45, 2.75) is 13.8 Å². The molecule has 4 nitrogen and oxygen atoms in total. The van der Waals surface area contributed by atoms with Crippen LogP contribution in [0.5, 0.6) is 0 Å². The van der Waals surface area contributed by atoms with E-state index in [1.54, 1.807) is 7.05 Å². The number of nitrogens with zero attached hydrogens (tertiary/aromatic N) is 2. The molecule has 14 heavy (non-hydrogen) atoms. The van der Waals surface area contributed by atoms with Gasteiger partial charge in [-0.15, -0.1) is 0 Å². The van der Waals surface area contributed by atoms with Crippen LogP contribution >= 0.6 is 0 Å². The smallest absolute Gasteiger partial charge is 0.210 e. The second-order valence-electron chi connectivity index (χ2n) is 3.19. The summed E-state index contributed by atoms with van der Waals surface area (Å²) in [5.74, 6) is 6.14. The number of nitrogens with two attached hydrogens (primary N) is 2. The average molecular weight is 192 g/mol. The lowest BCUT2D eigenvalue weighted by atomic mass is 10.1. The summed E-state index contributed by atoms with van der Waals surface area (Å²) in [4.78, 5) is 3.84. The molecule has 76 valence electrons. The summed E-state index contributed by atoms with van der Waals surface area (Å²) in [5.41, 5.74) is 8.71. The predicted molar refractivity (Wildman–Crippen MR) is 60.1 cm³/mol. The normalized spacial score (nSPS) is 11.6. The Hall–Kier alpha value is -1.55. The van der Waals surface area contributed by atoms with Crippen LogP contribution in [-0.4, -0.2) is 13.0 Å². The van der Waals surface area contributed by atoms with Crippen LogP contribution in [-0.2, 0) is 0 Å². The number of aliphatic imine (C=N–C) groups is 1. The van der Waals surface area contributed by atoms with E-state index in [0.29, 0.717) is 5.96 Å². The Balaban J connectivity index is 3.18. The van der Waals surface area contributed by atoms with Crippen molar-refractivity contribution < 1.29 is 0 Å². The van der Waals surface area contributed by atoms with Crippen LogP contribution in [0.25, 0.3) is 0 Å². The second kappa shape index (κ2) is 4.11. The van der Waals surface area contributed by atoms with Gasteiger partial charge in [0, 0.05) is 7.05 Å². The maximum Gasteiger partial charge on any atom is 0.210 e. The van der Waals surface area contributed by atoms with E-state index in [0.717, 1.165) is 16.8 Å². The van der Waals surface area contributed by atoms with Crippen molar-refractivity contribution in [2.24, 2.45) is 16.6 Å². The Bertz CT molecular complexity index is 337. The van der Waals surface area contributed by atoms with Gasteiger partial charge >= 0.3 is 0 Å². The molecule has 1 aromatic carbocycles. The van der Waals surface area contributed by atoms with E-state index < -0.39 is 0 Å². The van der Waals surface area contributed by atoms with Crippen molar-refractivity contribution in [3.63, 3.8) is 0 Å². The van der Waals surface area contributed by atoms with Gasteiger partial charge in [0.1, 0.15) is 0 Å². The van der Waals surface area contributed by atoms with Gasteiger partial charge in [-0.1, -0.05) is 18.2 Å². The summed E-state index contributed by atoms with van der Waals surface area (Å²) in [6.07, 6.45) is 0. The first-order chi connectivity index (χ1) is 6.57. The number of anilines is 1. The average Bonchev–Trinajstić information content (AvgIpc) is 2.16. The molecule has 0 spiro atoms. The fraction of sp³-hybridized carbons (Fsp3) is 0.300. The quantitative estimate of drug-likeness (QED) is 0.301. The van der Waals surface area contributed by atoms with Gasteiger partial charge < -0.3 is 5.73 Å². The molecule has 0 saturated carbocycles. The van der Waals surface area contributed by atoms with Gasteiger partial charge in [0.2, 0.25) is 5.96 Å². The Kier molecular flexibility index (Phi) is 3.09. The van der Waals surface area contributed by atoms with Crippen molar-refractivity contribution >= 4 is 11.6 Å². The first-order valence-corrected chi connectivity index (χ1v) is 4.41. The number of guanidine groups is 1. The predicted octanol–water partition coefficient (Wildman–Crippen LogP) is 0.928. The topological polar surface area (TPSA) is 67.6 Å². The summed E-state index contributed by atoms with van der Waals surface area (Å²) in [6.45, 7) is 3.98. The van der Waals surface area contributed by atoms with E-state index in [1.807, 2.05) is 32.0 Å². The van der Waals surface area contributed by atoms with Crippen LogP contribution in [0, 0.1) is 13.8 Å². The van der Waals surface area contributed by atoms with Crippen molar-refractivity contribution in [1.29, 1.82) is 0 Å². The van der Waals surface area contributed by atoms with Crippen LogP contribution in [0.2, 0.25) is 0 Å². The minimum Gasteiger partial charge on any atom is -0.368 e. The van der Waals surface area contributed by atoms with Crippen molar-refractivity contribution in [3.8, 4) is 0 Å². The Morgan fingerprint density at radius 1 is 1.29 bits per heavy atom. The molecule has 0 aliphatic carbocycles. The molecule has 1 aromatic rings. The fourth-order valence-electron chi connectivity index (χ4n) is 1.41. The monoisotopic (exact) mass is 192 g/mol. The first-order valence-electron chi connectivity index (χ1n) is 4.41. The van der Waals surface area contributed by atoms with Gasteiger partial charge in [-0.25, -0.2) is 10.9 Å². The number of benzene rings is 1. The Morgan fingerprint density at radius 2 is 1.79 bits per heavy atom. The third-order valence-corrected chi connectivity index (χ3v) is 2.16. The third kappa shape index (κ3) is 1.85. The highest BCUT2D eigenvalue weighted by Crippen LogP contribution is 2.21. The molecule has 0 heterocycles. The van der Waals surface area contributed by atoms with Crippen LogP contribution < -0.4 is 16.6 Å². The minimum atomic E-state index is 0.308. The lowest BCUT2D eigenvalue weighted by Crippen LogP contribution is -2.43. The van der Waals surface area contributed by atoms with E-state index in [4.69, 9.17) is 11.6 Å². The van der Waals surface area contributed by atoms with Gasteiger partial charge in [0.25, 0.3) is 0 Å². The first kappa shape index (κ1) is 10.5. The van der Waals surface area contributed by atoms with E-state index in [-0.39, 0.29) is 0 Å².